The first kappa shape index (κ1) is 13.9. The van der Waals surface area contributed by atoms with Gasteiger partial charge in [-0.25, -0.2) is 0 Å². The number of anilines is 1. The van der Waals surface area contributed by atoms with Crippen molar-refractivity contribution in [2.45, 2.75) is 32.4 Å². The Morgan fingerprint density at radius 2 is 1.95 bits per heavy atom. The Hall–Kier alpha value is -2.06. The Bertz CT molecular complexity index is 673. The quantitative estimate of drug-likeness (QED) is 0.817. The number of hydrogen-bond acceptors (Lipinski definition) is 2. The van der Waals surface area contributed by atoms with Crippen molar-refractivity contribution in [3.8, 4) is 0 Å². The van der Waals surface area contributed by atoms with Gasteiger partial charge in [0.25, 0.3) is 0 Å². The molecule has 2 nitrogen and oxygen atoms in total. The van der Waals surface area contributed by atoms with Crippen LogP contribution in [0.2, 0.25) is 0 Å². The molecule has 2 atom stereocenters. The van der Waals surface area contributed by atoms with Crippen molar-refractivity contribution in [1.29, 1.82) is 0 Å². The molecule has 0 bridgehead atoms. The first-order chi connectivity index (χ1) is 10.2. The highest BCUT2D eigenvalue weighted by Crippen LogP contribution is 2.34. The second kappa shape index (κ2) is 5.74. The number of nitrogen functional groups attached to an aromatic ring is 1. The molecular weight excluding hydrogens is 256 g/mol. The molecule has 0 aromatic heterocycles. The Kier molecular flexibility index (Phi) is 3.80. The average Bonchev–Trinajstić information content (AvgIpc) is 2.48. The molecule has 2 aromatic rings. The third-order valence-electron chi connectivity index (χ3n) is 4.30. The normalized spacial score (nSPS) is 18.3. The van der Waals surface area contributed by atoms with E-state index in [0.717, 1.165) is 12.1 Å². The van der Waals surface area contributed by atoms with Gasteiger partial charge in [0.05, 0.1) is 0 Å². The van der Waals surface area contributed by atoms with Gasteiger partial charge in [0.15, 0.2) is 0 Å². The van der Waals surface area contributed by atoms with Gasteiger partial charge in [-0.3, -0.25) is 0 Å². The largest absolute Gasteiger partial charge is 0.398 e. The smallest absolute Gasteiger partial charge is 0.0386 e. The molecule has 2 aromatic carbocycles. The van der Waals surface area contributed by atoms with Gasteiger partial charge in [0, 0.05) is 17.8 Å². The molecule has 21 heavy (non-hydrogen) atoms. The van der Waals surface area contributed by atoms with E-state index < -0.39 is 0 Å². The molecule has 0 saturated carbocycles. The van der Waals surface area contributed by atoms with Gasteiger partial charge >= 0.3 is 0 Å². The van der Waals surface area contributed by atoms with E-state index in [0.29, 0.717) is 6.04 Å². The number of fused-ring (bicyclic) bond motifs is 1. The highest BCUT2D eigenvalue weighted by molar-refractivity contribution is 5.66. The van der Waals surface area contributed by atoms with Gasteiger partial charge in [0.1, 0.15) is 0 Å². The number of rotatable bonds is 3. The fourth-order valence-electron chi connectivity index (χ4n) is 3.21. The molecule has 0 fully saturated rings. The summed E-state index contributed by atoms with van der Waals surface area (Å²) in [7, 11) is 0. The molecule has 0 saturated heterocycles. The summed E-state index contributed by atoms with van der Waals surface area (Å²) < 4.78 is 0. The fourth-order valence-corrected chi connectivity index (χ4v) is 3.21. The monoisotopic (exact) mass is 278 g/mol. The SMILES string of the molecule is Cc1ccccc1C(C)NC1CC=Cc2cccc(N)c21. The number of aryl methyl sites for hydroxylation is 1. The van der Waals surface area contributed by atoms with E-state index in [1.165, 1.54) is 22.3 Å². The second-order valence-corrected chi connectivity index (χ2v) is 5.79. The van der Waals surface area contributed by atoms with E-state index in [2.05, 4.69) is 61.6 Å². The third-order valence-corrected chi connectivity index (χ3v) is 4.30. The van der Waals surface area contributed by atoms with Crippen LogP contribution in [0.4, 0.5) is 5.69 Å². The zero-order chi connectivity index (χ0) is 14.8. The van der Waals surface area contributed by atoms with Crippen LogP contribution in [0.5, 0.6) is 0 Å². The van der Waals surface area contributed by atoms with Crippen molar-refractivity contribution in [3.05, 3.63) is 70.8 Å². The summed E-state index contributed by atoms with van der Waals surface area (Å²) in [5, 5.41) is 3.74. The van der Waals surface area contributed by atoms with Gasteiger partial charge in [0.2, 0.25) is 0 Å². The Balaban J connectivity index is 1.87. The minimum absolute atomic E-state index is 0.279. The van der Waals surface area contributed by atoms with E-state index in [1.807, 2.05) is 12.1 Å². The van der Waals surface area contributed by atoms with Crippen LogP contribution in [0.15, 0.2) is 48.5 Å². The highest BCUT2D eigenvalue weighted by Gasteiger charge is 2.21. The van der Waals surface area contributed by atoms with Crippen LogP contribution >= 0.6 is 0 Å². The maximum absolute atomic E-state index is 6.20. The summed E-state index contributed by atoms with van der Waals surface area (Å²) in [6, 6.07) is 15.3. The van der Waals surface area contributed by atoms with Crippen LogP contribution in [-0.4, -0.2) is 0 Å². The predicted octanol–water partition coefficient (Wildman–Crippen LogP) is 4.39. The van der Waals surface area contributed by atoms with Crippen molar-refractivity contribution in [1.82, 2.24) is 5.32 Å². The summed E-state index contributed by atoms with van der Waals surface area (Å²) in [6.07, 6.45) is 5.38. The molecular formula is C19H22N2. The second-order valence-electron chi connectivity index (χ2n) is 5.79. The van der Waals surface area contributed by atoms with Gasteiger partial charge < -0.3 is 11.1 Å². The first-order valence-electron chi connectivity index (χ1n) is 7.53. The Morgan fingerprint density at radius 1 is 1.14 bits per heavy atom. The number of benzene rings is 2. The van der Waals surface area contributed by atoms with E-state index >= 15 is 0 Å². The van der Waals surface area contributed by atoms with Gasteiger partial charge in [-0.15, -0.1) is 0 Å². The van der Waals surface area contributed by atoms with Crippen LogP contribution in [-0.2, 0) is 0 Å². The zero-order valence-corrected chi connectivity index (χ0v) is 12.6. The van der Waals surface area contributed by atoms with Crippen LogP contribution in [0.3, 0.4) is 0 Å². The first-order valence-corrected chi connectivity index (χ1v) is 7.53. The number of nitrogens with two attached hydrogens (primary N) is 1. The minimum Gasteiger partial charge on any atom is -0.398 e. The standard InChI is InChI=1S/C19H22N2/c1-13-7-3-4-10-16(13)14(2)21-18-12-6-9-15-8-5-11-17(20)19(15)18/h3-11,14,18,21H,12,20H2,1-2H3. The molecule has 2 heteroatoms. The molecule has 0 spiro atoms. The van der Waals surface area contributed by atoms with Crippen LogP contribution in [0.25, 0.3) is 6.08 Å². The summed E-state index contributed by atoms with van der Waals surface area (Å²) in [5.74, 6) is 0. The van der Waals surface area contributed by atoms with Crippen molar-refractivity contribution < 1.29 is 0 Å². The van der Waals surface area contributed by atoms with Crippen molar-refractivity contribution >= 4 is 11.8 Å². The van der Waals surface area contributed by atoms with Gasteiger partial charge in [-0.05, 0) is 48.6 Å². The molecule has 0 radical (unpaired) electrons. The van der Waals surface area contributed by atoms with Crippen LogP contribution in [0, 0.1) is 6.92 Å². The Labute approximate surface area is 126 Å². The lowest BCUT2D eigenvalue weighted by molar-refractivity contribution is 0.467. The van der Waals surface area contributed by atoms with E-state index in [1.54, 1.807) is 0 Å². The lowest BCUT2D eigenvalue weighted by Gasteiger charge is -2.28. The number of hydrogen-bond donors (Lipinski definition) is 2. The molecule has 0 aliphatic heterocycles. The van der Waals surface area contributed by atoms with Crippen molar-refractivity contribution in [2.75, 3.05) is 5.73 Å². The molecule has 2 unspecified atom stereocenters. The highest BCUT2D eigenvalue weighted by atomic mass is 15.0. The van der Waals surface area contributed by atoms with Crippen molar-refractivity contribution in [3.63, 3.8) is 0 Å². The van der Waals surface area contributed by atoms with Crippen LogP contribution < -0.4 is 11.1 Å². The van der Waals surface area contributed by atoms with E-state index in [9.17, 15) is 0 Å². The molecule has 3 rings (SSSR count). The summed E-state index contributed by atoms with van der Waals surface area (Å²) in [4.78, 5) is 0. The molecule has 0 heterocycles. The lowest BCUT2D eigenvalue weighted by atomic mass is 9.90. The summed E-state index contributed by atoms with van der Waals surface area (Å²) >= 11 is 0. The van der Waals surface area contributed by atoms with Gasteiger partial charge in [-0.2, -0.15) is 0 Å². The fraction of sp³-hybridized carbons (Fsp3) is 0.263. The maximum Gasteiger partial charge on any atom is 0.0386 e. The van der Waals surface area contributed by atoms with Crippen LogP contribution in [0.1, 0.15) is 47.7 Å². The summed E-state index contributed by atoms with van der Waals surface area (Å²) in [5.41, 5.74) is 12.2. The average molecular weight is 278 g/mol. The minimum atomic E-state index is 0.279. The molecule has 0 amide bonds. The van der Waals surface area contributed by atoms with E-state index in [4.69, 9.17) is 5.73 Å². The van der Waals surface area contributed by atoms with E-state index in [-0.39, 0.29) is 6.04 Å². The van der Waals surface area contributed by atoms with Gasteiger partial charge in [-0.1, -0.05) is 48.6 Å². The maximum atomic E-state index is 6.20. The lowest BCUT2D eigenvalue weighted by Crippen LogP contribution is -2.27. The molecule has 3 N–H and O–H groups in total. The topological polar surface area (TPSA) is 38.0 Å². The third kappa shape index (κ3) is 2.72. The molecule has 108 valence electrons. The zero-order valence-electron chi connectivity index (χ0n) is 12.6. The van der Waals surface area contributed by atoms with Crippen molar-refractivity contribution in [2.24, 2.45) is 0 Å². The summed E-state index contributed by atoms with van der Waals surface area (Å²) in [6.45, 7) is 4.38. The predicted molar refractivity (Wildman–Crippen MR) is 90.0 cm³/mol. The number of nitrogens with one attached hydrogen (secondary N) is 1. The molecule has 1 aliphatic rings. The molecule has 1 aliphatic carbocycles. The Morgan fingerprint density at radius 3 is 2.76 bits per heavy atom.